The molecule has 3 aromatic heterocycles. The lowest BCUT2D eigenvalue weighted by Crippen LogP contribution is -2.10. The van der Waals surface area contributed by atoms with Crippen LogP contribution in [-0.4, -0.2) is 31.6 Å². The average molecular weight is 433 g/mol. The van der Waals surface area contributed by atoms with Crippen molar-refractivity contribution in [2.24, 2.45) is 4.99 Å². The molecule has 1 N–H and O–H groups in total. The Morgan fingerprint density at radius 2 is 1.84 bits per heavy atom. The number of hydrogen-bond acceptors (Lipinski definition) is 6. The molecular formula is C23H20N4O3S. The lowest BCUT2D eigenvalue weighted by molar-refractivity contribution is -0.137. The third-order valence-electron chi connectivity index (χ3n) is 5.62. The van der Waals surface area contributed by atoms with Gasteiger partial charge in [0.1, 0.15) is 16.9 Å². The topological polar surface area (TPSA) is 93.5 Å². The fraction of sp³-hybridized carbons (Fsp3) is 0.217. The maximum atomic E-state index is 11.6. The predicted molar refractivity (Wildman–Crippen MR) is 118 cm³/mol. The number of aliphatic imine (C=N–C) groups is 1. The van der Waals surface area contributed by atoms with E-state index in [1.165, 1.54) is 4.88 Å². The van der Waals surface area contributed by atoms with E-state index in [2.05, 4.69) is 24.0 Å². The summed E-state index contributed by atoms with van der Waals surface area (Å²) in [5.74, 6) is 0.362. The number of aromatic nitrogens is 3. The molecule has 1 atom stereocenters. The normalized spacial score (nSPS) is 15.2. The number of nitrogens with zero attached hydrogens (tertiary/aromatic N) is 4. The first-order valence-electron chi connectivity index (χ1n) is 9.89. The monoisotopic (exact) mass is 432 g/mol. The summed E-state index contributed by atoms with van der Waals surface area (Å²) in [5, 5.41) is 19.0. The summed E-state index contributed by atoms with van der Waals surface area (Å²) in [6.45, 7) is 6.05. The van der Waals surface area contributed by atoms with E-state index in [0.29, 0.717) is 5.82 Å². The third kappa shape index (κ3) is 3.19. The summed E-state index contributed by atoms with van der Waals surface area (Å²) in [6.07, 6.45) is 3.21. The van der Waals surface area contributed by atoms with Crippen LogP contribution >= 0.6 is 11.3 Å². The molecule has 5 rings (SSSR count). The molecule has 0 radical (unpaired) electrons. The number of aliphatic carboxylic acids is 1. The molecule has 8 heteroatoms. The number of rotatable bonds is 4. The van der Waals surface area contributed by atoms with E-state index >= 15 is 0 Å². The molecule has 4 aromatic rings. The standard InChI is InChI=1S/C23H20N4O3S/c1-12-13(2)31-23-20(12)21(16-6-4-15(5-7-16)17-8-9-30-11-17)24-18(10-19(28)29)22-26-25-14(3)27(22)23/h4-9,11,18H,10H2,1-3H3,(H,28,29)/t18-/m0/s1. The van der Waals surface area contributed by atoms with Crippen molar-refractivity contribution in [3.05, 3.63) is 76.1 Å². The van der Waals surface area contributed by atoms with Crippen molar-refractivity contribution in [2.75, 3.05) is 0 Å². The van der Waals surface area contributed by atoms with E-state index < -0.39 is 12.0 Å². The Morgan fingerprint density at radius 1 is 1.10 bits per heavy atom. The van der Waals surface area contributed by atoms with E-state index in [1.54, 1.807) is 23.9 Å². The number of benzene rings is 1. The van der Waals surface area contributed by atoms with Crippen molar-refractivity contribution in [1.82, 2.24) is 14.8 Å². The maximum absolute atomic E-state index is 11.6. The van der Waals surface area contributed by atoms with Crippen LogP contribution in [0.15, 0.2) is 52.3 Å². The summed E-state index contributed by atoms with van der Waals surface area (Å²) in [7, 11) is 0. The molecule has 0 saturated carbocycles. The van der Waals surface area contributed by atoms with Crippen LogP contribution in [0.1, 0.15) is 45.7 Å². The number of hydrogen-bond donors (Lipinski definition) is 1. The molecule has 0 saturated heterocycles. The molecule has 4 heterocycles. The van der Waals surface area contributed by atoms with E-state index in [0.717, 1.165) is 44.4 Å². The van der Waals surface area contributed by atoms with E-state index in [1.807, 2.05) is 41.8 Å². The first-order valence-corrected chi connectivity index (χ1v) is 10.7. The lowest BCUT2D eigenvalue weighted by atomic mass is 9.97. The summed E-state index contributed by atoms with van der Waals surface area (Å²) < 4.78 is 7.15. The minimum atomic E-state index is -0.922. The number of carbonyl (C=O) groups is 1. The van der Waals surface area contributed by atoms with Crippen molar-refractivity contribution in [3.8, 4) is 16.1 Å². The Bertz CT molecular complexity index is 1310. The van der Waals surface area contributed by atoms with Crippen molar-refractivity contribution in [2.45, 2.75) is 33.2 Å². The van der Waals surface area contributed by atoms with Crippen molar-refractivity contribution in [3.63, 3.8) is 0 Å². The molecule has 1 aliphatic rings. The van der Waals surface area contributed by atoms with Crippen LogP contribution in [-0.2, 0) is 4.79 Å². The second-order valence-corrected chi connectivity index (χ2v) is 8.79. The van der Waals surface area contributed by atoms with Gasteiger partial charge in [-0.25, -0.2) is 0 Å². The van der Waals surface area contributed by atoms with E-state index in [4.69, 9.17) is 9.41 Å². The zero-order valence-corrected chi connectivity index (χ0v) is 18.1. The van der Waals surface area contributed by atoms with Gasteiger partial charge in [0.15, 0.2) is 5.82 Å². The second kappa shape index (κ2) is 7.31. The Morgan fingerprint density at radius 3 is 2.52 bits per heavy atom. The quantitative estimate of drug-likeness (QED) is 0.496. The Balaban J connectivity index is 1.72. The van der Waals surface area contributed by atoms with Crippen LogP contribution in [0, 0.1) is 20.8 Å². The number of carboxylic acids is 1. The zero-order valence-electron chi connectivity index (χ0n) is 17.3. The molecule has 0 spiro atoms. The van der Waals surface area contributed by atoms with Gasteiger partial charge in [0.05, 0.1) is 24.7 Å². The summed E-state index contributed by atoms with van der Waals surface area (Å²) in [4.78, 5) is 17.7. The Hall–Kier alpha value is -3.52. The van der Waals surface area contributed by atoms with Crippen LogP contribution < -0.4 is 0 Å². The molecule has 1 aromatic carbocycles. The first-order chi connectivity index (χ1) is 14.9. The molecule has 7 nitrogen and oxygen atoms in total. The van der Waals surface area contributed by atoms with E-state index in [9.17, 15) is 9.90 Å². The highest BCUT2D eigenvalue weighted by Gasteiger charge is 2.32. The van der Waals surface area contributed by atoms with Crippen molar-refractivity contribution >= 4 is 23.0 Å². The SMILES string of the molecule is Cc1sc2c(c1C)C(c1ccc(-c3ccoc3)cc1)=N[C@@H](CC(=O)O)c1nnc(C)n1-2. The highest BCUT2D eigenvalue weighted by molar-refractivity contribution is 7.15. The van der Waals surface area contributed by atoms with Crippen LogP contribution in [0.2, 0.25) is 0 Å². The Kier molecular flexibility index (Phi) is 4.59. The highest BCUT2D eigenvalue weighted by atomic mass is 32.1. The average Bonchev–Trinajstić information content (AvgIpc) is 3.44. The molecule has 1 aliphatic heterocycles. The molecule has 0 aliphatic carbocycles. The third-order valence-corrected chi connectivity index (χ3v) is 6.81. The molecule has 31 heavy (non-hydrogen) atoms. The van der Waals surface area contributed by atoms with Gasteiger partial charge in [-0.05, 0) is 38.0 Å². The van der Waals surface area contributed by atoms with Gasteiger partial charge in [-0.3, -0.25) is 14.4 Å². The molecule has 0 unspecified atom stereocenters. The largest absolute Gasteiger partial charge is 0.481 e. The highest BCUT2D eigenvalue weighted by Crippen LogP contribution is 2.39. The number of thiophene rings is 1. The molecular weight excluding hydrogens is 412 g/mol. The fourth-order valence-corrected chi connectivity index (χ4v) is 5.15. The van der Waals surface area contributed by atoms with Crippen LogP contribution in [0.4, 0.5) is 0 Å². The minimum Gasteiger partial charge on any atom is -0.481 e. The van der Waals surface area contributed by atoms with Gasteiger partial charge < -0.3 is 9.52 Å². The second-order valence-electron chi connectivity index (χ2n) is 7.58. The van der Waals surface area contributed by atoms with E-state index in [-0.39, 0.29) is 6.42 Å². The molecule has 0 fully saturated rings. The number of fused-ring (bicyclic) bond motifs is 3. The van der Waals surface area contributed by atoms with Crippen molar-refractivity contribution < 1.29 is 14.3 Å². The molecule has 0 amide bonds. The van der Waals surface area contributed by atoms with Gasteiger partial charge in [0.2, 0.25) is 0 Å². The van der Waals surface area contributed by atoms with Gasteiger partial charge >= 0.3 is 5.97 Å². The predicted octanol–water partition coefficient (Wildman–Crippen LogP) is 4.88. The van der Waals surface area contributed by atoms with Gasteiger partial charge in [0.25, 0.3) is 0 Å². The lowest BCUT2D eigenvalue weighted by Gasteiger charge is -2.11. The first kappa shape index (κ1) is 19.4. The van der Waals surface area contributed by atoms with Crippen LogP contribution in [0.5, 0.6) is 0 Å². The number of furan rings is 1. The zero-order chi connectivity index (χ0) is 21.7. The maximum Gasteiger partial charge on any atom is 0.306 e. The minimum absolute atomic E-state index is 0.151. The van der Waals surface area contributed by atoms with Gasteiger partial charge in [0, 0.05) is 21.6 Å². The summed E-state index contributed by atoms with van der Waals surface area (Å²) in [6, 6.07) is 9.39. The van der Waals surface area contributed by atoms with Gasteiger partial charge in [-0.15, -0.1) is 21.5 Å². The summed E-state index contributed by atoms with van der Waals surface area (Å²) >= 11 is 1.65. The smallest absolute Gasteiger partial charge is 0.306 e. The van der Waals surface area contributed by atoms with Gasteiger partial charge in [-0.2, -0.15) is 0 Å². The van der Waals surface area contributed by atoms with Crippen molar-refractivity contribution in [1.29, 1.82) is 0 Å². The summed E-state index contributed by atoms with van der Waals surface area (Å²) in [5.41, 5.74) is 5.90. The Labute approximate surface area is 182 Å². The number of carboxylic acid groups (broad SMARTS) is 1. The molecule has 0 bridgehead atoms. The number of aryl methyl sites for hydroxylation is 2. The molecule has 156 valence electrons. The van der Waals surface area contributed by atoms with Crippen LogP contribution in [0.25, 0.3) is 16.1 Å². The van der Waals surface area contributed by atoms with Gasteiger partial charge in [-0.1, -0.05) is 24.3 Å². The van der Waals surface area contributed by atoms with Crippen LogP contribution in [0.3, 0.4) is 0 Å². The fourth-order valence-electron chi connectivity index (χ4n) is 3.94.